The van der Waals surface area contributed by atoms with Crippen molar-refractivity contribution >= 4 is 0 Å². The lowest BCUT2D eigenvalue weighted by Crippen LogP contribution is -2.39. The molecule has 17 heavy (non-hydrogen) atoms. The van der Waals surface area contributed by atoms with Crippen molar-refractivity contribution in [1.82, 2.24) is 5.32 Å². The molecule has 2 aliphatic rings. The molecule has 100 valence electrons. The highest BCUT2D eigenvalue weighted by Gasteiger charge is 2.21. The molecule has 4 nitrogen and oxygen atoms in total. The molecular formula is C13H25NO3. The average Bonchev–Trinajstić information content (AvgIpc) is 2.89. The van der Waals surface area contributed by atoms with Crippen molar-refractivity contribution in [2.24, 2.45) is 0 Å². The monoisotopic (exact) mass is 243 g/mol. The zero-order chi connectivity index (χ0) is 11.9. The van der Waals surface area contributed by atoms with Gasteiger partial charge in [-0.25, -0.2) is 0 Å². The van der Waals surface area contributed by atoms with Crippen LogP contribution in [0.1, 0.15) is 32.6 Å². The highest BCUT2D eigenvalue weighted by molar-refractivity contribution is 4.76. The summed E-state index contributed by atoms with van der Waals surface area (Å²) in [6.07, 6.45) is 5.29. The van der Waals surface area contributed by atoms with E-state index in [9.17, 15) is 0 Å². The number of hydrogen-bond acceptors (Lipinski definition) is 4. The summed E-state index contributed by atoms with van der Waals surface area (Å²) < 4.78 is 16.8. The van der Waals surface area contributed by atoms with Crippen molar-refractivity contribution in [3.05, 3.63) is 0 Å². The van der Waals surface area contributed by atoms with Gasteiger partial charge in [-0.3, -0.25) is 0 Å². The Hall–Kier alpha value is -0.160. The van der Waals surface area contributed by atoms with Crippen LogP contribution in [0.4, 0.5) is 0 Å². The normalized spacial score (nSPS) is 28.4. The van der Waals surface area contributed by atoms with Crippen LogP contribution in [0.5, 0.6) is 0 Å². The van der Waals surface area contributed by atoms with E-state index in [2.05, 4.69) is 12.2 Å². The third-order valence-corrected chi connectivity index (χ3v) is 3.61. The molecule has 0 aliphatic carbocycles. The minimum absolute atomic E-state index is 0.401. The molecule has 2 heterocycles. The summed E-state index contributed by atoms with van der Waals surface area (Å²) in [4.78, 5) is 0. The maximum Gasteiger partial charge on any atom is 0.0726 e. The lowest BCUT2D eigenvalue weighted by Gasteiger charge is -2.24. The second-order valence-electron chi connectivity index (χ2n) is 4.98. The molecule has 0 radical (unpaired) electrons. The van der Waals surface area contributed by atoms with Crippen LogP contribution in [0.25, 0.3) is 0 Å². The van der Waals surface area contributed by atoms with Gasteiger partial charge < -0.3 is 19.5 Å². The van der Waals surface area contributed by atoms with E-state index in [0.717, 1.165) is 45.8 Å². The van der Waals surface area contributed by atoms with Gasteiger partial charge in [-0.15, -0.1) is 0 Å². The quantitative estimate of drug-likeness (QED) is 0.715. The zero-order valence-corrected chi connectivity index (χ0v) is 10.8. The lowest BCUT2D eigenvalue weighted by molar-refractivity contribution is -0.0317. The fourth-order valence-electron chi connectivity index (χ4n) is 2.48. The second-order valence-corrected chi connectivity index (χ2v) is 4.98. The van der Waals surface area contributed by atoms with Crippen LogP contribution >= 0.6 is 0 Å². The van der Waals surface area contributed by atoms with Crippen LogP contribution < -0.4 is 5.32 Å². The van der Waals surface area contributed by atoms with E-state index in [1.165, 1.54) is 12.8 Å². The van der Waals surface area contributed by atoms with Gasteiger partial charge in [-0.05, 0) is 32.6 Å². The fraction of sp³-hybridized carbons (Fsp3) is 1.00. The third kappa shape index (κ3) is 4.54. The number of hydrogen-bond donors (Lipinski definition) is 1. The summed E-state index contributed by atoms with van der Waals surface area (Å²) in [6, 6.07) is 0.441. The van der Waals surface area contributed by atoms with Crippen molar-refractivity contribution in [2.75, 3.05) is 33.0 Å². The predicted molar refractivity (Wildman–Crippen MR) is 66.2 cm³/mol. The summed E-state index contributed by atoms with van der Waals surface area (Å²) in [5.74, 6) is 0. The molecular weight excluding hydrogens is 218 g/mol. The minimum Gasteiger partial charge on any atom is -0.381 e. The Bertz CT molecular complexity index is 201. The van der Waals surface area contributed by atoms with Crippen molar-refractivity contribution < 1.29 is 14.2 Å². The van der Waals surface area contributed by atoms with Crippen LogP contribution in [-0.4, -0.2) is 51.2 Å². The van der Waals surface area contributed by atoms with Crippen LogP contribution in [0, 0.1) is 0 Å². The Labute approximate surface area is 104 Å². The van der Waals surface area contributed by atoms with Gasteiger partial charge in [0.15, 0.2) is 0 Å². The summed E-state index contributed by atoms with van der Waals surface area (Å²) in [5.41, 5.74) is 0. The van der Waals surface area contributed by atoms with E-state index in [1.807, 2.05) is 0 Å². The second kappa shape index (κ2) is 7.31. The van der Waals surface area contributed by atoms with E-state index in [-0.39, 0.29) is 0 Å². The number of ether oxygens (including phenoxy) is 3. The zero-order valence-electron chi connectivity index (χ0n) is 10.8. The molecule has 2 fully saturated rings. The van der Waals surface area contributed by atoms with Crippen molar-refractivity contribution in [3.8, 4) is 0 Å². The van der Waals surface area contributed by atoms with Gasteiger partial charge in [0, 0.05) is 32.4 Å². The Balaban J connectivity index is 1.50. The minimum atomic E-state index is 0.401. The van der Waals surface area contributed by atoms with Gasteiger partial charge in [-0.1, -0.05) is 0 Å². The van der Waals surface area contributed by atoms with Crippen LogP contribution in [0.3, 0.4) is 0 Å². The van der Waals surface area contributed by atoms with Crippen molar-refractivity contribution in [3.63, 3.8) is 0 Å². The Kier molecular flexibility index (Phi) is 5.71. The fourth-order valence-corrected chi connectivity index (χ4v) is 2.48. The first kappa shape index (κ1) is 13.3. The van der Waals surface area contributed by atoms with E-state index < -0.39 is 0 Å². The maximum absolute atomic E-state index is 5.81. The van der Waals surface area contributed by atoms with Crippen LogP contribution in [-0.2, 0) is 14.2 Å². The summed E-state index contributed by atoms with van der Waals surface area (Å²) >= 11 is 0. The molecule has 0 aromatic heterocycles. The average molecular weight is 243 g/mol. The van der Waals surface area contributed by atoms with Gasteiger partial charge in [0.25, 0.3) is 0 Å². The molecule has 2 atom stereocenters. The largest absolute Gasteiger partial charge is 0.381 e. The van der Waals surface area contributed by atoms with Gasteiger partial charge in [0.1, 0.15) is 0 Å². The Morgan fingerprint density at radius 3 is 2.76 bits per heavy atom. The van der Waals surface area contributed by atoms with E-state index >= 15 is 0 Å². The third-order valence-electron chi connectivity index (χ3n) is 3.61. The molecule has 2 rings (SSSR count). The smallest absolute Gasteiger partial charge is 0.0726 e. The van der Waals surface area contributed by atoms with E-state index in [0.29, 0.717) is 18.2 Å². The predicted octanol–water partition coefficient (Wildman–Crippen LogP) is 1.34. The summed E-state index contributed by atoms with van der Waals surface area (Å²) in [5, 5.41) is 3.48. The van der Waals surface area contributed by atoms with Gasteiger partial charge in [0.2, 0.25) is 0 Å². The molecule has 0 bridgehead atoms. The number of nitrogens with one attached hydrogen (secondary N) is 1. The van der Waals surface area contributed by atoms with Gasteiger partial charge in [0.05, 0.1) is 18.8 Å². The Morgan fingerprint density at radius 1 is 1.24 bits per heavy atom. The van der Waals surface area contributed by atoms with Gasteiger partial charge in [-0.2, -0.15) is 0 Å². The first-order chi connectivity index (χ1) is 8.36. The molecule has 2 aliphatic heterocycles. The Morgan fingerprint density at radius 2 is 2.06 bits per heavy atom. The molecule has 0 aromatic carbocycles. The van der Waals surface area contributed by atoms with Gasteiger partial charge >= 0.3 is 0 Å². The van der Waals surface area contributed by atoms with E-state index in [4.69, 9.17) is 14.2 Å². The van der Waals surface area contributed by atoms with Crippen LogP contribution in [0.15, 0.2) is 0 Å². The molecule has 0 aromatic rings. The molecule has 1 N–H and O–H groups in total. The first-order valence-electron chi connectivity index (χ1n) is 6.90. The lowest BCUT2D eigenvalue weighted by atomic mass is 10.1. The number of rotatable bonds is 6. The first-order valence-corrected chi connectivity index (χ1v) is 6.90. The molecule has 4 heteroatoms. The SMILES string of the molecule is CC(NCCOC1CCOCC1)C1CCCO1. The molecule has 0 saturated carbocycles. The maximum atomic E-state index is 5.81. The van der Waals surface area contributed by atoms with E-state index in [1.54, 1.807) is 0 Å². The molecule has 0 spiro atoms. The summed E-state index contributed by atoms with van der Waals surface area (Å²) in [7, 11) is 0. The standard InChI is InChI=1S/C13H25NO3/c1-11(13-3-2-7-17-13)14-6-10-16-12-4-8-15-9-5-12/h11-14H,2-10H2,1H3. The molecule has 0 amide bonds. The van der Waals surface area contributed by atoms with Crippen molar-refractivity contribution in [2.45, 2.75) is 50.9 Å². The van der Waals surface area contributed by atoms with Crippen molar-refractivity contribution in [1.29, 1.82) is 0 Å². The highest BCUT2D eigenvalue weighted by atomic mass is 16.5. The highest BCUT2D eigenvalue weighted by Crippen LogP contribution is 2.15. The molecule has 2 saturated heterocycles. The topological polar surface area (TPSA) is 39.7 Å². The van der Waals surface area contributed by atoms with Crippen LogP contribution in [0.2, 0.25) is 0 Å². The molecule has 2 unspecified atom stereocenters. The summed E-state index contributed by atoms with van der Waals surface area (Å²) in [6.45, 7) is 6.54.